The number of ether oxygens (including phenoxy) is 1. The Balaban J connectivity index is 0.000000384. The fourth-order valence-electron chi connectivity index (χ4n) is 4.79. The van der Waals surface area contributed by atoms with E-state index in [4.69, 9.17) is 14.6 Å². The number of halogens is 3. The van der Waals surface area contributed by atoms with Crippen LogP contribution in [0.3, 0.4) is 0 Å². The van der Waals surface area contributed by atoms with Crippen molar-refractivity contribution >= 4 is 28.7 Å². The molecule has 1 aromatic carbocycles. The molecule has 1 saturated carbocycles. The topological polar surface area (TPSA) is 104 Å². The van der Waals surface area contributed by atoms with Gasteiger partial charge >= 0.3 is 12.1 Å². The highest BCUT2D eigenvalue weighted by atomic mass is 19.4. The lowest BCUT2D eigenvalue weighted by atomic mass is 9.89. The van der Waals surface area contributed by atoms with Gasteiger partial charge in [0.1, 0.15) is 11.6 Å². The van der Waals surface area contributed by atoms with E-state index in [0.29, 0.717) is 32.2 Å². The number of carbonyl (C=O) groups excluding carboxylic acids is 2. The summed E-state index contributed by atoms with van der Waals surface area (Å²) in [5.74, 6) is -1.99. The van der Waals surface area contributed by atoms with E-state index in [1.165, 1.54) is 12.8 Å². The maximum atomic E-state index is 13.1. The molecule has 36 heavy (non-hydrogen) atoms. The number of carboxylic acids is 1. The number of fused-ring (bicyclic) bond motifs is 1. The lowest BCUT2D eigenvalue weighted by Gasteiger charge is -2.55. The van der Waals surface area contributed by atoms with Crippen molar-refractivity contribution < 1.29 is 37.4 Å². The lowest BCUT2D eigenvalue weighted by molar-refractivity contribution is -0.192. The molecule has 196 valence electrons. The molecule has 1 unspecified atom stereocenters. The zero-order valence-corrected chi connectivity index (χ0v) is 20.0. The summed E-state index contributed by atoms with van der Waals surface area (Å²) in [5.41, 5.74) is 1.45. The Bertz CT molecular complexity index is 1150. The lowest BCUT2D eigenvalue weighted by Crippen LogP contribution is -2.73. The van der Waals surface area contributed by atoms with E-state index < -0.39 is 12.1 Å². The molecule has 3 heterocycles. The van der Waals surface area contributed by atoms with Gasteiger partial charge in [0.05, 0.1) is 25.3 Å². The van der Waals surface area contributed by atoms with Crippen molar-refractivity contribution in [1.82, 2.24) is 19.7 Å². The standard InChI is InChI=1S/C22H28N4O3.C2HF3O2/c1-23-20(27)19-11-29-22(12-25(19)9-15-7-8-15)13-26(14-22)21(28)17-10-24(2)18-6-4-3-5-16(17)18;3-2(4,5)1(6)7/h3-6,10,15,19H,7-9,11-14H2,1-2H3,(H,23,27);(H,6,7). The van der Waals surface area contributed by atoms with E-state index in [1.54, 1.807) is 7.05 Å². The van der Waals surface area contributed by atoms with Gasteiger partial charge in [0.15, 0.2) is 0 Å². The molecule has 2 amide bonds. The van der Waals surface area contributed by atoms with Gasteiger partial charge in [0.25, 0.3) is 5.91 Å². The summed E-state index contributed by atoms with van der Waals surface area (Å²) in [6.45, 7) is 3.21. The van der Waals surface area contributed by atoms with Crippen LogP contribution in [-0.2, 0) is 21.4 Å². The molecule has 2 aromatic rings. The minimum atomic E-state index is -5.08. The SMILES string of the molecule is CNC(=O)C1COC2(CN(C(=O)c3cn(C)c4ccccc34)C2)CN1CC1CC1.O=C(O)C(F)(F)F. The number of benzene rings is 1. The number of aromatic nitrogens is 1. The molecule has 0 radical (unpaired) electrons. The van der Waals surface area contributed by atoms with Gasteiger partial charge in [-0.15, -0.1) is 0 Å². The summed E-state index contributed by atoms with van der Waals surface area (Å²) in [5, 5.41) is 10.9. The molecule has 1 aliphatic carbocycles. The average molecular weight is 511 g/mol. The number of rotatable bonds is 4. The van der Waals surface area contributed by atoms with Gasteiger partial charge in [0.2, 0.25) is 5.91 Å². The minimum Gasteiger partial charge on any atom is -0.475 e. The number of amides is 2. The average Bonchev–Trinajstić information content (AvgIpc) is 3.57. The van der Waals surface area contributed by atoms with Crippen LogP contribution in [0.2, 0.25) is 0 Å². The highest BCUT2D eigenvalue weighted by Gasteiger charge is 2.52. The molecule has 2 aliphatic heterocycles. The summed E-state index contributed by atoms with van der Waals surface area (Å²) < 4.78 is 39.9. The first-order valence-corrected chi connectivity index (χ1v) is 11.7. The summed E-state index contributed by atoms with van der Waals surface area (Å²) in [6, 6.07) is 7.76. The van der Waals surface area contributed by atoms with Crippen LogP contribution in [0.1, 0.15) is 23.2 Å². The van der Waals surface area contributed by atoms with Crippen LogP contribution in [0.5, 0.6) is 0 Å². The van der Waals surface area contributed by atoms with Gasteiger partial charge in [-0.2, -0.15) is 13.2 Å². The van der Waals surface area contributed by atoms with Crippen LogP contribution in [0.25, 0.3) is 10.9 Å². The number of alkyl halides is 3. The molecule has 12 heteroatoms. The molecule has 2 saturated heterocycles. The molecule has 2 N–H and O–H groups in total. The third-order valence-corrected chi connectivity index (χ3v) is 6.83. The Morgan fingerprint density at radius 2 is 1.81 bits per heavy atom. The van der Waals surface area contributed by atoms with E-state index in [9.17, 15) is 22.8 Å². The predicted molar refractivity (Wildman–Crippen MR) is 123 cm³/mol. The van der Waals surface area contributed by atoms with Gasteiger partial charge in [-0.3, -0.25) is 14.5 Å². The van der Waals surface area contributed by atoms with Crippen molar-refractivity contribution in [2.24, 2.45) is 13.0 Å². The number of morpholine rings is 1. The van der Waals surface area contributed by atoms with E-state index in [2.05, 4.69) is 10.2 Å². The zero-order valence-electron chi connectivity index (χ0n) is 20.0. The fourth-order valence-corrected chi connectivity index (χ4v) is 4.79. The van der Waals surface area contributed by atoms with Crippen molar-refractivity contribution in [2.45, 2.75) is 30.7 Å². The number of carbonyl (C=O) groups is 3. The third-order valence-electron chi connectivity index (χ3n) is 6.83. The molecular weight excluding hydrogens is 481 g/mol. The zero-order chi connectivity index (χ0) is 26.3. The van der Waals surface area contributed by atoms with E-state index in [0.717, 1.165) is 23.0 Å². The number of nitrogens with zero attached hydrogens (tertiary/aromatic N) is 3. The molecule has 1 atom stereocenters. The predicted octanol–water partition coefficient (Wildman–Crippen LogP) is 1.86. The van der Waals surface area contributed by atoms with Gasteiger partial charge in [-0.05, 0) is 24.8 Å². The number of hydrogen-bond acceptors (Lipinski definition) is 5. The number of carboxylic acid groups (broad SMARTS) is 1. The Kier molecular flexibility index (Phi) is 7.02. The number of para-hydroxylation sites is 1. The summed E-state index contributed by atoms with van der Waals surface area (Å²) in [6.07, 6.45) is -0.673. The Morgan fingerprint density at radius 1 is 1.17 bits per heavy atom. The molecule has 3 fully saturated rings. The number of likely N-dealkylation sites (N-methyl/N-ethyl adjacent to an activating group) is 1. The summed E-state index contributed by atoms with van der Waals surface area (Å²) in [4.78, 5) is 38.5. The van der Waals surface area contributed by atoms with E-state index >= 15 is 0 Å². The highest BCUT2D eigenvalue weighted by Crippen LogP contribution is 2.36. The van der Waals surface area contributed by atoms with Crippen molar-refractivity contribution in [3.05, 3.63) is 36.0 Å². The molecule has 3 aliphatic rings. The van der Waals surface area contributed by atoms with Crippen molar-refractivity contribution in [2.75, 3.05) is 39.8 Å². The number of hydrogen-bond donors (Lipinski definition) is 2. The van der Waals surface area contributed by atoms with E-state index in [-0.39, 0.29) is 23.5 Å². The van der Waals surface area contributed by atoms with Crippen molar-refractivity contribution in [3.8, 4) is 0 Å². The normalized spacial score (nSPS) is 21.5. The number of aliphatic carboxylic acids is 1. The van der Waals surface area contributed by atoms with Crippen molar-refractivity contribution in [1.29, 1.82) is 0 Å². The number of aryl methyl sites for hydroxylation is 1. The van der Waals surface area contributed by atoms with Crippen molar-refractivity contribution in [3.63, 3.8) is 0 Å². The monoisotopic (exact) mass is 510 g/mol. The Labute approximate surface area is 205 Å². The second-order valence-corrected chi connectivity index (χ2v) is 9.63. The van der Waals surface area contributed by atoms with Crippen LogP contribution < -0.4 is 5.32 Å². The summed E-state index contributed by atoms with van der Waals surface area (Å²) >= 11 is 0. The number of likely N-dealkylation sites (tertiary alicyclic amines) is 1. The van der Waals surface area contributed by atoms with Gasteiger partial charge < -0.3 is 24.6 Å². The second kappa shape index (κ2) is 9.74. The second-order valence-electron chi connectivity index (χ2n) is 9.63. The van der Waals surface area contributed by atoms with Crippen LogP contribution in [0.4, 0.5) is 13.2 Å². The fraction of sp³-hybridized carbons (Fsp3) is 0.542. The van der Waals surface area contributed by atoms with E-state index in [1.807, 2.05) is 47.0 Å². The Morgan fingerprint density at radius 3 is 2.39 bits per heavy atom. The highest BCUT2D eigenvalue weighted by molar-refractivity contribution is 6.07. The minimum absolute atomic E-state index is 0.0171. The molecule has 5 rings (SSSR count). The van der Waals surface area contributed by atoms with Crippen LogP contribution in [0, 0.1) is 5.92 Å². The number of nitrogens with one attached hydrogen (secondary N) is 1. The Hall–Kier alpha value is -3.12. The van der Waals surface area contributed by atoms with Gasteiger partial charge in [0, 0.05) is 44.3 Å². The third kappa shape index (κ3) is 5.34. The molecule has 1 spiro atoms. The molecule has 0 bridgehead atoms. The maximum absolute atomic E-state index is 13.1. The maximum Gasteiger partial charge on any atom is 0.490 e. The quantitative estimate of drug-likeness (QED) is 0.651. The molecular formula is C24H29F3N4O5. The molecule has 1 aromatic heterocycles. The largest absolute Gasteiger partial charge is 0.490 e. The van der Waals surface area contributed by atoms with Crippen LogP contribution in [-0.4, -0.2) is 94.9 Å². The first-order chi connectivity index (χ1) is 16.9. The first kappa shape index (κ1) is 26.0. The van der Waals surface area contributed by atoms with Crippen LogP contribution >= 0.6 is 0 Å². The molecule has 9 nitrogen and oxygen atoms in total. The smallest absolute Gasteiger partial charge is 0.475 e. The van der Waals surface area contributed by atoms with Gasteiger partial charge in [-0.1, -0.05) is 18.2 Å². The summed E-state index contributed by atoms with van der Waals surface area (Å²) in [7, 11) is 3.64. The van der Waals surface area contributed by atoms with Crippen LogP contribution in [0.15, 0.2) is 30.5 Å². The first-order valence-electron chi connectivity index (χ1n) is 11.7. The van der Waals surface area contributed by atoms with Gasteiger partial charge in [-0.25, -0.2) is 4.79 Å².